The van der Waals surface area contributed by atoms with Crippen molar-refractivity contribution in [3.8, 4) is 0 Å². The first-order valence-electron chi connectivity index (χ1n) is 7.11. The molecule has 0 amide bonds. The number of hydrogen-bond donors (Lipinski definition) is 1. The summed E-state index contributed by atoms with van der Waals surface area (Å²) in [5, 5.41) is 0. The molecule has 0 spiro atoms. The van der Waals surface area contributed by atoms with Crippen LogP contribution in [0.4, 0.5) is 4.39 Å². The Kier molecular flexibility index (Phi) is 4.26. The van der Waals surface area contributed by atoms with Gasteiger partial charge in [-0.05, 0) is 42.0 Å². The fourth-order valence-corrected chi connectivity index (χ4v) is 2.96. The molecular formula is C16H25FN2. The molecule has 0 radical (unpaired) electrons. The van der Waals surface area contributed by atoms with Crippen molar-refractivity contribution in [2.24, 2.45) is 17.1 Å². The highest BCUT2D eigenvalue weighted by Gasteiger charge is 2.34. The maximum absolute atomic E-state index is 13.0. The van der Waals surface area contributed by atoms with E-state index in [4.69, 9.17) is 5.73 Å². The summed E-state index contributed by atoms with van der Waals surface area (Å²) in [7, 11) is 0. The molecule has 2 unspecified atom stereocenters. The van der Waals surface area contributed by atoms with E-state index in [2.05, 4.69) is 25.7 Å². The lowest BCUT2D eigenvalue weighted by Crippen LogP contribution is -2.33. The van der Waals surface area contributed by atoms with Gasteiger partial charge in [-0.2, -0.15) is 0 Å². The fourth-order valence-electron chi connectivity index (χ4n) is 2.96. The van der Waals surface area contributed by atoms with Gasteiger partial charge in [-0.25, -0.2) is 4.39 Å². The van der Waals surface area contributed by atoms with E-state index in [1.54, 1.807) is 0 Å². The molecule has 1 aromatic rings. The minimum Gasteiger partial charge on any atom is -0.329 e. The molecule has 1 heterocycles. The molecule has 106 valence electrons. The summed E-state index contributed by atoms with van der Waals surface area (Å²) < 4.78 is 13.0. The van der Waals surface area contributed by atoms with Crippen molar-refractivity contribution in [2.45, 2.75) is 33.2 Å². The second-order valence-corrected chi connectivity index (χ2v) is 6.65. The van der Waals surface area contributed by atoms with Crippen LogP contribution >= 0.6 is 0 Å². The molecule has 0 bridgehead atoms. The molecule has 1 fully saturated rings. The number of rotatable bonds is 3. The van der Waals surface area contributed by atoms with Gasteiger partial charge in [-0.3, -0.25) is 4.90 Å². The molecule has 2 N–H and O–H groups in total. The van der Waals surface area contributed by atoms with Gasteiger partial charge >= 0.3 is 0 Å². The molecule has 1 aliphatic rings. The molecule has 2 atom stereocenters. The third-order valence-electron chi connectivity index (χ3n) is 4.36. The van der Waals surface area contributed by atoms with E-state index in [1.165, 1.54) is 18.6 Å². The lowest BCUT2D eigenvalue weighted by atomic mass is 9.80. The van der Waals surface area contributed by atoms with Crippen LogP contribution in [0.15, 0.2) is 24.3 Å². The summed E-state index contributed by atoms with van der Waals surface area (Å²) in [5.41, 5.74) is 7.41. The Morgan fingerprint density at radius 2 is 1.95 bits per heavy atom. The summed E-state index contributed by atoms with van der Waals surface area (Å²) >= 11 is 0. The lowest BCUT2D eigenvalue weighted by Gasteiger charge is -2.30. The van der Waals surface area contributed by atoms with Crippen LogP contribution in [-0.4, -0.2) is 24.5 Å². The minimum atomic E-state index is -0.187. The normalized spacial score (nSPS) is 22.7. The predicted octanol–water partition coefficient (Wildman–Crippen LogP) is 3.19. The van der Waals surface area contributed by atoms with E-state index in [0.717, 1.165) is 18.7 Å². The van der Waals surface area contributed by atoms with Crippen LogP contribution < -0.4 is 5.73 Å². The van der Waals surface area contributed by atoms with Crippen molar-refractivity contribution < 1.29 is 4.39 Å². The fraction of sp³-hybridized carbons (Fsp3) is 0.625. The first-order valence-corrected chi connectivity index (χ1v) is 7.11. The topological polar surface area (TPSA) is 29.3 Å². The van der Waals surface area contributed by atoms with Gasteiger partial charge in [0.2, 0.25) is 0 Å². The van der Waals surface area contributed by atoms with Crippen LogP contribution in [0.25, 0.3) is 0 Å². The summed E-state index contributed by atoms with van der Waals surface area (Å²) in [6, 6.07) is 6.98. The van der Waals surface area contributed by atoms with Gasteiger partial charge in [0.1, 0.15) is 5.82 Å². The summed E-state index contributed by atoms with van der Waals surface area (Å²) in [5.74, 6) is 0.524. The van der Waals surface area contributed by atoms with Crippen molar-refractivity contribution in [2.75, 3.05) is 19.6 Å². The number of likely N-dealkylation sites (tertiary alicyclic amines) is 1. The van der Waals surface area contributed by atoms with E-state index >= 15 is 0 Å². The molecule has 0 aromatic heterocycles. The number of halogens is 1. The Labute approximate surface area is 115 Å². The third kappa shape index (κ3) is 3.34. The summed E-state index contributed by atoms with van der Waals surface area (Å²) in [4.78, 5) is 2.45. The number of nitrogens with two attached hydrogens (primary N) is 1. The zero-order valence-corrected chi connectivity index (χ0v) is 12.2. The highest BCUT2D eigenvalue weighted by atomic mass is 19.1. The Morgan fingerprint density at radius 3 is 2.42 bits per heavy atom. The maximum Gasteiger partial charge on any atom is 0.123 e. The molecule has 0 aliphatic carbocycles. The van der Waals surface area contributed by atoms with Crippen molar-refractivity contribution in [3.05, 3.63) is 35.6 Å². The SMILES string of the molecule is CC(C)(C)C1CCN(C(CN)c2ccc(F)cc2)C1. The zero-order chi connectivity index (χ0) is 14.0. The highest BCUT2D eigenvalue weighted by molar-refractivity contribution is 5.20. The van der Waals surface area contributed by atoms with Gasteiger partial charge in [0, 0.05) is 19.1 Å². The van der Waals surface area contributed by atoms with Crippen LogP contribution in [0.1, 0.15) is 38.8 Å². The van der Waals surface area contributed by atoms with E-state index < -0.39 is 0 Å². The average molecular weight is 264 g/mol. The molecule has 2 nitrogen and oxygen atoms in total. The molecule has 0 saturated carbocycles. The largest absolute Gasteiger partial charge is 0.329 e. The smallest absolute Gasteiger partial charge is 0.123 e. The second-order valence-electron chi connectivity index (χ2n) is 6.65. The van der Waals surface area contributed by atoms with E-state index in [1.807, 2.05) is 12.1 Å². The van der Waals surface area contributed by atoms with E-state index in [-0.39, 0.29) is 11.9 Å². The van der Waals surface area contributed by atoms with E-state index in [9.17, 15) is 4.39 Å². The second kappa shape index (κ2) is 5.59. The van der Waals surface area contributed by atoms with Crippen LogP contribution in [0.5, 0.6) is 0 Å². The van der Waals surface area contributed by atoms with Crippen molar-refractivity contribution >= 4 is 0 Å². The number of hydrogen-bond acceptors (Lipinski definition) is 2. The van der Waals surface area contributed by atoms with Crippen LogP contribution in [0.3, 0.4) is 0 Å². The minimum absolute atomic E-state index is 0.187. The van der Waals surface area contributed by atoms with Crippen LogP contribution in [-0.2, 0) is 0 Å². The molecule has 1 saturated heterocycles. The quantitative estimate of drug-likeness (QED) is 0.908. The Balaban J connectivity index is 2.09. The van der Waals surface area contributed by atoms with Gasteiger partial charge in [0.25, 0.3) is 0 Å². The van der Waals surface area contributed by atoms with Gasteiger partial charge in [0.05, 0.1) is 0 Å². The van der Waals surface area contributed by atoms with Crippen LogP contribution in [0, 0.1) is 17.2 Å². The molecule has 1 aromatic carbocycles. The van der Waals surface area contributed by atoms with Gasteiger partial charge in [0.15, 0.2) is 0 Å². The van der Waals surface area contributed by atoms with Crippen molar-refractivity contribution in [1.82, 2.24) is 4.90 Å². The van der Waals surface area contributed by atoms with E-state index in [0.29, 0.717) is 17.9 Å². The Bertz CT molecular complexity index is 408. The molecular weight excluding hydrogens is 239 g/mol. The summed E-state index contributed by atoms with van der Waals surface area (Å²) in [6.45, 7) is 9.66. The molecule has 19 heavy (non-hydrogen) atoms. The average Bonchev–Trinajstić information content (AvgIpc) is 2.82. The lowest BCUT2D eigenvalue weighted by molar-refractivity contribution is 0.197. The monoisotopic (exact) mass is 264 g/mol. The number of nitrogens with zero attached hydrogens (tertiary/aromatic N) is 1. The standard InChI is InChI=1S/C16H25FN2/c1-16(2,3)13-8-9-19(11-13)15(10-18)12-4-6-14(17)7-5-12/h4-7,13,15H,8-11,18H2,1-3H3. The number of benzene rings is 1. The van der Waals surface area contributed by atoms with Gasteiger partial charge in [-0.1, -0.05) is 32.9 Å². The highest BCUT2D eigenvalue weighted by Crippen LogP contribution is 2.36. The third-order valence-corrected chi connectivity index (χ3v) is 4.36. The maximum atomic E-state index is 13.0. The molecule has 2 rings (SSSR count). The first kappa shape index (κ1) is 14.5. The predicted molar refractivity (Wildman–Crippen MR) is 77.3 cm³/mol. The van der Waals surface area contributed by atoms with Crippen molar-refractivity contribution in [1.29, 1.82) is 0 Å². The van der Waals surface area contributed by atoms with Gasteiger partial charge in [-0.15, -0.1) is 0 Å². The molecule has 3 heteroatoms. The van der Waals surface area contributed by atoms with Crippen molar-refractivity contribution in [3.63, 3.8) is 0 Å². The zero-order valence-electron chi connectivity index (χ0n) is 12.2. The van der Waals surface area contributed by atoms with Gasteiger partial charge < -0.3 is 5.73 Å². The Morgan fingerprint density at radius 1 is 1.32 bits per heavy atom. The summed E-state index contributed by atoms with van der Waals surface area (Å²) in [6.07, 6.45) is 1.22. The molecule has 1 aliphatic heterocycles. The Hall–Kier alpha value is -0.930. The first-order chi connectivity index (χ1) is 8.91. The van der Waals surface area contributed by atoms with Crippen LogP contribution in [0.2, 0.25) is 0 Å².